The SMILES string of the molecule is CC(CCc1ccco1)NCCOC(F)(F)F. The van der Waals surface area contributed by atoms with Gasteiger partial charge >= 0.3 is 6.36 Å². The van der Waals surface area contributed by atoms with E-state index in [4.69, 9.17) is 4.42 Å². The van der Waals surface area contributed by atoms with Crippen molar-refractivity contribution in [1.29, 1.82) is 0 Å². The fraction of sp³-hybridized carbons (Fsp3) is 0.636. The van der Waals surface area contributed by atoms with Crippen LogP contribution in [0.25, 0.3) is 0 Å². The Bertz CT molecular complexity index is 298. The summed E-state index contributed by atoms with van der Waals surface area (Å²) in [5.74, 6) is 0.880. The van der Waals surface area contributed by atoms with Gasteiger partial charge in [-0.3, -0.25) is 4.74 Å². The van der Waals surface area contributed by atoms with Crippen LogP contribution in [0.5, 0.6) is 0 Å². The summed E-state index contributed by atoms with van der Waals surface area (Å²) in [6.45, 7) is 1.73. The highest BCUT2D eigenvalue weighted by atomic mass is 19.4. The van der Waals surface area contributed by atoms with Crippen LogP contribution < -0.4 is 5.32 Å². The molecule has 0 aromatic carbocycles. The van der Waals surface area contributed by atoms with Crippen molar-refractivity contribution in [3.8, 4) is 0 Å². The minimum Gasteiger partial charge on any atom is -0.469 e. The van der Waals surface area contributed by atoms with E-state index in [0.717, 1.165) is 18.6 Å². The van der Waals surface area contributed by atoms with Gasteiger partial charge in [0.2, 0.25) is 0 Å². The van der Waals surface area contributed by atoms with E-state index < -0.39 is 6.36 Å². The van der Waals surface area contributed by atoms with Crippen LogP contribution in [0.3, 0.4) is 0 Å². The molecule has 1 atom stereocenters. The van der Waals surface area contributed by atoms with Gasteiger partial charge in [0.1, 0.15) is 5.76 Å². The summed E-state index contributed by atoms with van der Waals surface area (Å²) in [4.78, 5) is 0. The number of ether oxygens (including phenoxy) is 1. The largest absolute Gasteiger partial charge is 0.522 e. The van der Waals surface area contributed by atoms with Crippen LogP contribution in [0.2, 0.25) is 0 Å². The van der Waals surface area contributed by atoms with Gasteiger partial charge in [-0.2, -0.15) is 0 Å². The molecular weight excluding hydrogens is 235 g/mol. The molecule has 0 radical (unpaired) electrons. The molecule has 0 saturated heterocycles. The van der Waals surface area contributed by atoms with Crippen molar-refractivity contribution in [1.82, 2.24) is 5.32 Å². The number of alkyl halides is 3. The summed E-state index contributed by atoms with van der Waals surface area (Å²) >= 11 is 0. The molecule has 0 bridgehead atoms. The first kappa shape index (κ1) is 14.1. The second-order valence-electron chi connectivity index (χ2n) is 3.77. The lowest BCUT2D eigenvalue weighted by Gasteiger charge is -2.13. The van der Waals surface area contributed by atoms with Crippen molar-refractivity contribution < 1.29 is 22.3 Å². The summed E-state index contributed by atoms with van der Waals surface area (Å²) in [5.41, 5.74) is 0. The summed E-state index contributed by atoms with van der Waals surface area (Å²) in [7, 11) is 0. The van der Waals surface area contributed by atoms with Gasteiger partial charge in [-0.25, -0.2) is 0 Å². The number of rotatable bonds is 7. The Kier molecular flexibility index (Phi) is 5.50. The molecule has 1 aromatic rings. The van der Waals surface area contributed by atoms with Crippen LogP contribution in [-0.4, -0.2) is 25.6 Å². The van der Waals surface area contributed by atoms with Crippen molar-refractivity contribution in [3.63, 3.8) is 0 Å². The molecule has 3 nitrogen and oxygen atoms in total. The lowest BCUT2D eigenvalue weighted by Crippen LogP contribution is -2.31. The van der Waals surface area contributed by atoms with E-state index in [1.165, 1.54) is 0 Å². The molecule has 98 valence electrons. The van der Waals surface area contributed by atoms with E-state index in [9.17, 15) is 13.2 Å². The van der Waals surface area contributed by atoms with E-state index in [-0.39, 0.29) is 19.2 Å². The summed E-state index contributed by atoms with van der Waals surface area (Å²) < 4.78 is 43.8. The van der Waals surface area contributed by atoms with Crippen molar-refractivity contribution >= 4 is 0 Å². The van der Waals surface area contributed by atoms with Gasteiger partial charge in [0.25, 0.3) is 0 Å². The van der Waals surface area contributed by atoms with Gasteiger partial charge in [0.15, 0.2) is 0 Å². The monoisotopic (exact) mass is 251 g/mol. The Labute approximate surface area is 97.9 Å². The number of aryl methyl sites for hydroxylation is 1. The van der Waals surface area contributed by atoms with E-state index in [1.54, 1.807) is 6.26 Å². The van der Waals surface area contributed by atoms with Crippen molar-refractivity contribution in [2.75, 3.05) is 13.2 Å². The van der Waals surface area contributed by atoms with Gasteiger partial charge < -0.3 is 9.73 Å². The molecular formula is C11H16F3NO2. The zero-order chi connectivity index (χ0) is 12.7. The summed E-state index contributed by atoms with van der Waals surface area (Å²) in [5, 5.41) is 2.95. The third-order valence-electron chi connectivity index (χ3n) is 2.26. The number of nitrogens with one attached hydrogen (secondary N) is 1. The third-order valence-corrected chi connectivity index (χ3v) is 2.26. The maximum absolute atomic E-state index is 11.7. The second kappa shape index (κ2) is 6.66. The zero-order valence-corrected chi connectivity index (χ0v) is 9.59. The number of halogens is 3. The first-order valence-corrected chi connectivity index (χ1v) is 5.44. The molecule has 6 heteroatoms. The minimum absolute atomic E-state index is 0.122. The standard InChI is InChI=1S/C11H16F3NO2/c1-9(4-5-10-3-2-7-16-10)15-6-8-17-11(12,13)14/h2-3,7,9,15H,4-6,8H2,1H3. The molecule has 1 unspecified atom stereocenters. The Morgan fingerprint density at radius 2 is 2.24 bits per heavy atom. The molecule has 0 fully saturated rings. The Morgan fingerprint density at radius 3 is 2.82 bits per heavy atom. The smallest absolute Gasteiger partial charge is 0.469 e. The maximum atomic E-state index is 11.7. The van der Waals surface area contributed by atoms with E-state index in [1.807, 2.05) is 19.1 Å². The van der Waals surface area contributed by atoms with Gasteiger partial charge in [-0.05, 0) is 25.5 Å². The molecule has 1 N–H and O–H groups in total. The minimum atomic E-state index is -4.54. The number of furan rings is 1. The molecule has 1 heterocycles. The first-order valence-electron chi connectivity index (χ1n) is 5.44. The average Bonchev–Trinajstić information content (AvgIpc) is 2.73. The highest BCUT2D eigenvalue weighted by Crippen LogP contribution is 2.15. The lowest BCUT2D eigenvalue weighted by molar-refractivity contribution is -0.323. The fourth-order valence-corrected chi connectivity index (χ4v) is 1.39. The molecule has 1 aromatic heterocycles. The highest BCUT2D eigenvalue weighted by molar-refractivity contribution is 4.98. The number of hydrogen-bond acceptors (Lipinski definition) is 3. The van der Waals surface area contributed by atoms with E-state index in [0.29, 0.717) is 0 Å². The molecule has 0 spiro atoms. The zero-order valence-electron chi connectivity index (χ0n) is 9.59. The molecule has 0 aliphatic rings. The van der Waals surface area contributed by atoms with Gasteiger partial charge in [-0.1, -0.05) is 0 Å². The van der Waals surface area contributed by atoms with Crippen LogP contribution in [0.4, 0.5) is 13.2 Å². The Balaban J connectivity index is 2.03. The number of hydrogen-bond donors (Lipinski definition) is 1. The van der Waals surface area contributed by atoms with Crippen molar-refractivity contribution in [3.05, 3.63) is 24.2 Å². The van der Waals surface area contributed by atoms with Gasteiger partial charge in [0, 0.05) is 19.0 Å². The Morgan fingerprint density at radius 1 is 1.47 bits per heavy atom. The van der Waals surface area contributed by atoms with Gasteiger partial charge in [0.05, 0.1) is 12.9 Å². The van der Waals surface area contributed by atoms with Crippen LogP contribution in [0, 0.1) is 0 Å². The fourth-order valence-electron chi connectivity index (χ4n) is 1.39. The summed E-state index contributed by atoms with van der Waals surface area (Å²) in [6.07, 6.45) is -1.37. The molecule has 1 rings (SSSR count). The van der Waals surface area contributed by atoms with E-state index in [2.05, 4.69) is 10.1 Å². The second-order valence-corrected chi connectivity index (χ2v) is 3.77. The normalized spacial score (nSPS) is 13.9. The van der Waals surface area contributed by atoms with E-state index >= 15 is 0 Å². The predicted molar refractivity (Wildman–Crippen MR) is 56.5 cm³/mol. The molecule has 0 saturated carbocycles. The molecule has 0 aliphatic heterocycles. The first-order chi connectivity index (χ1) is 7.97. The lowest BCUT2D eigenvalue weighted by atomic mass is 10.1. The van der Waals surface area contributed by atoms with Crippen molar-refractivity contribution in [2.45, 2.75) is 32.2 Å². The van der Waals surface area contributed by atoms with Gasteiger partial charge in [-0.15, -0.1) is 13.2 Å². The average molecular weight is 251 g/mol. The molecule has 0 aliphatic carbocycles. The predicted octanol–water partition coefficient (Wildman–Crippen LogP) is 2.73. The van der Waals surface area contributed by atoms with Crippen LogP contribution in [-0.2, 0) is 11.2 Å². The Hall–Kier alpha value is -1.01. The summed E-state index contributed by atoms with van der Waals surface area (Å²) in [6, 6.07) is 3.81. The maximum Gasteiger partial charge on any atom is 0.522 e. The third kappa shape index (κ3) is 7.01. The van der Waals surface area contributed by atoms with Crippen molar-refractivity contribution in [2.24, 2.45) is 0 Å². The van der Waals surface area contributed by atoms with Crippen LogP contribution in [0.15, 0.2) is 22.8 Å². The topological polar surface area (TPSA) is 34.4 Å². The highest BCUT2D eigenvalue weighted by Gasteiger charge is 2.28. The quantitative estimate of drug-likeness (QED) is 0.757. The van der Waals surface area contributed by atoms with Crippen LogP contribution in [0.1, 0.15) is 19.1 Å². The van der Waals surface area contributed by atoms with Crippen LogP contribution >= 0.6 is 0 Å². The molecule has 0 amide bonds. The molecule has 17 heavy (non-hydrogen) atoms.